The van der Waals surface area contributed by atoms with Gasteiger partial charge in [0.05, 0.1) is 5.41 Å². The highest BCUT2D eigenvalue weighted by Crippen LogP contribution is 2.45. The van der Waals surface area contributed by atoms with Crippen molar-refractivity contribution >= 4 is 5.91 Å². The molecule has 0 saturated heterocycles. The predicted octanol–water partition coefficient (Wildman–Crippen LogP) is 1.67. The fourth-order valence-electron chi connectivity index (χ4n) is 1.98. The van der Waals surface area contributed by atoms with Crippen LogP contribution >= 0.6 is 0 Å². The molecule has 0 spiro atoms. The van der Waals surface area contributed by atoms with E-state index in [4.69, 9.17) is 5.73 Å². The first-order valence-electron chi connectivity index (χ1n) is 5.93. The third-order valence-electron chi connectivity index (χ3n) is 4.04. The van der Waals surface area contributed by atoms with Crippen molar-refractivity contribution in [3.63, 3.8) is 0 Å². The van der Waals surface area contributed by atoms with Crippen LogP contribution in [0.25, 0.3) is 0 Å². The predicted molar refractivity (Wildman–Crippen MR) is 62.4 cm³/mol. The van der Waals surface area contributed by atoms with Gasteiger partial charge in [-0.15, -0.1) is 0 Å². The van der Waals surface area contributed by atoms with Gasteiger partial charge in [0.1, 0.15) is 0 Å². The quantitative estimate of drug-likeness (QED) is 0.728. The van der Waals surface area contributed by atoms with Crippen molar-refractivity contribution in [2.75, 3.05) is 6.54 Å². The lowest BCUT2D eigenvalue weighted by Crippen LogP contribution is -2.46. The number of carbonyl (C=O) groups excluding carboxylic acids is 1. The Morgan fingerprint density at radius 2 is 1.93 bits per heavy atom. The van der Waals surface area contributed by atoms with Crippen molar-refractivity contribution < 1.29 is 4.79 Å². The third-order valence-corrected chi connectivity index (χ3v) is 4.04. The first-order valence-corrected chi connectivity index (χ1v) is 5.93. The zero-order valence-corrected chi connectivity index (χ0v) is 10.4. The van der Waals surface area contributed by atoms with E-state index in [9.17, 15) is 4.79 Å². The van der Waals surface area contributed by atoms with Crippen molar-refractivity contribution in [2.45, 2.75) is 53.0 Å². The molecule has 0 aliphatic heterocycles. The molecule has 1 saturated carbocycles. The Hall–Kier alpha value is -0.570. The molecule has 15 heavy (non-hydrogen) atoms. The zero-order chi connectivity index (χ0) is 11.7. The number of hydrogen-bond donors (Lipinski definition) is 2. The van der Waals surface area contributed by atoms with Crippen molar-refractivity contribution in [2.24, 2.45) is 16.6 Å². The number of carbonyl (C=O) groups is 1. The molecule has 1 fully saturated rings. The summed E-state index contributed by atoms with van der Waals surface area (Å²) in [5, 5.41) is 3.12. The van der Waals surface area contributed by atoms with E-state index in [-0.39, 0.29) is 16.7 Å². The van der Waals surface area contributed by atoms with Gasteiger partial charge in [-0.05, 0) is 24.7 Å². The Kier molecular flexibility index (Phi) is 3.44. The highest BCUT2D eigenvalue weighted by molar-refractivity contribution is 5.83. The van der Waals surface area contributed by atoms with E-state index in [1.807, 2.05) is 13.8 Å². The number of nitrogens with two attached hydrogens (primary N) is 1. The van der Waals surface area contributed by atoms with Crippen molar-refractivity contribution in [1.29, 1.82) is 0 Å². The average Bonchev–Trinajstić information content (AvgIpc) is 2.77. The van der Waals surface area contributed by atoms with E-state index >= 15 is 0 Å². The van der Waals surface area contributed by atoms with Crippen molar-refractivity contribution in [1.82, 2.24) is 5.32 Å². The zero-order valence-electron chi connectivity index (χ0n) is 10.4. The normalized spacial score (nSPS) is 23.7. The van der Waals surface area contributed by atoms with E-state index in [0.717, 1.165) is 19.3 Å². The molecule has 0 aromatic carbocycles. The smallest absolute Gasteiger partial charge is 0.227 e. The first kappa shape index (κ1) is 12.5. The van der Waals surface area contributed by atoms with E-state index < -0.39 is 0 Å². The Labute approximate surface area is 92.8 Å². The molecular formula is C12H24N2O. The van der Waals surface area contributed by atoms with Crippen LogP contribution in [0.5, 0.6) is 0 Å². The number of rotatable bonds is 5. The van der Waals surface area contributed by atoms with E-state index in [1.165, 1.54) is 0 Å². The average molecular weight is 212 g/mol. The van der Waals surface area contributed by atoms with Crippen molar-refractivity contribution in [3.05, 3.63) is 0 Å². The van der Waals surface area contributed by atoms with E-state index in [1.54, 1.807) is 0 Å². The first-order chi connectivity index (χ1) is 6.91. The Bertz CT molecular complexity index is 236. The lowest BCUT2D eigenvalue weighted by atomic mass is 9.81. The van der Waals surface area contributed by atoms with Crippen LogP contribution < -0.4 is 11.1 Å². The second-order valence-corrected chi connectivity index (χ2v) is 5.41. The number of amides is 1. The van der Waals surface area contributed by atoms with Gasteiger partial charge >= 0.3 is 0 Å². The summed E-state index contributed by atoms with van der Waals surface area (Å²) in [6.07, 6.45) is 2.73. The van der Waals surface area contributed by atoms with Gasteiger partial charge in [-0.1, -0.05) is 27.7 Å². The van der Waals surface area contributed by atoms with Gasteiger partial charge in [0.25, 0.3) is 0 Å². The van der Waals surface area contributed by atoms with Gasteiger partial charge in [-0.25, -0.2) is 0 Å². The molecule has 0 radical (unpaired) electrons. The molecule has 1 unspecified atom stereocenters. The number of nitrogens with one attached hydrogen (secondary N) is 1. The molecule has 1 aliphatic rings. The maximum absolute atomic E-state index is 12.1. The standard InChI is InChI=1S/C12H24N2O/c1-5-12(6-2,8-13)10(15)14-9-7-11(9,3)4/h9H,5-8,13H2,1-4H3,(H,14,15). The van der Waals surface area contributed by atoms with Crippen LogP contribution in [0.1, 0.15) is 47.0 Å². The summed E-state index contributed by atoms with van der Waals surface area (Å²) in [5.74, 6) is 0.144. The van der Waals surface area contributed by atoms with Gasteiger partial charge in [-0.3, -0.25) is 4.79 Å². The van der Waals surface area contributed by atoms with Crippen LogP contribution in [-0.4, -0.2) is 18.5 Å². The maximum Gasteiger partial charge on any atom is 0.227 e. The second kappa shape index (κ2) is 4.12. The van der Waals surface area contributed by atoms with Gasteiger partial charge in [0, 0.05) is 12.6 Å². The lowest BCUT2D eigenvalue weighted by Gasteiger charge is -2.28. The van der Waals surface area contributed by atoms with Gasteiger partial charge < -0.3 is 11.1 Å². The fourth-order valence-corrected chi connectivity index (χ4v) is 1.98. The molecule has 1 aliphatic carbocycles. The summed E-state index contributed by atoms with van der Waals surface area (Å²) in [5.41, 5.74) is 5.67. The van der Waals surface area contributed by atoms with Crippen LogP contribution in [0.3, 0.4) is 0 Å². The molecule has 0 aromatic heterocycles. The summed E-state index contributed by atoms with van der Waals surface area (Å²) >= 11 is 0. The third kappa shape index (κ3) is 2.33. The minimum absolute atomic E-state index is 0.144. The van der Waals surface area contributed by atoms with Gasteiger partial charge in [-0.2, -0.15) is 0 Å². The van der Waals surface area contributed by atoms with Crippen LogP contribution in [0.2, 0.25) is 0 Å². The lowest BCUT2D eigenvalue weighted by molar-refractivity contribution is -0.131. The summed E-state index contributed by atoms with van der Waals surface area (Å²) < 4.78 is 0. The molecular weight excluding hydrogens is 188 g/mol. The highest BCUT2D eigenvalue weighted by Gasteiger charge is 2.48. The minimum Gasteiger partial charge on any atom is -0.352 e. The molecule has 3 nitrogen and oxygen atoms in total. The topological polar surface area (TPSA) is 55.1 Å². The summed E-state index contributed by atoms with van der Waals surface area (Å²) in [4.78, 5) is 12.1. The largest absolute Gasteiger partial charge is 0.352 e. The second-order valence-electron chi connectivity index (χ2n) is 5.41. The molecule has 0 aromatic rings. The van der Waals surface area contributed by atoms with Gasteiger partial charge in [0.15, 0.2) is 0 Å². The summed E-state index contributed by atoms with van der Waals surface area (Å²) in [6.45, 7) is 8.88. The molecule has 1 amide bonds. The number of hydrogen-bond acceptors (Lipinski definition) is 2. The summed E-state index contributed by atoms with van der Waals surface area (Å²) in [6, 6.07) is 0.356. The van der Waals surface area contributed by atoms with E-state index in [0.29, 0.717) is 12.6 Å². The van der Waals surface area contributed by atoms with Crippen LogP contribution in [0.15, 0.2) is 0 Å². The Balaban J connectivity index is 2.58. The SMILES string of the molecule is CCC(CC)(CN)C(=O)NC1CC1(C)C. The van der Waals surface area contributed by atoms with E-state index in [2.05, 4.69) is 19.2 Å². The molecule has 1 rings (SSSR count). The molecule has 88 valence electrons. The van der Waals surface area contributed by atoms with Crippen molar-refractivity contribution in [3.8, 4) is 0 Å². The Morgan fingerprint density at radius 3 is 2.20 bits per heavy atom. The fraction of sp³-hybridized carbons (Fsp3) is 0.917. The summed E-state index contributed by atoms with van der Waals surface area (Å²) in [7, 11) is 0. The van der Waals surface area contributed by atoms with Crippen LogP contribution in [-0.2, 0) is 4.79 Å². The molecule has 3 N–H and O–H groups in total. The Morgan fingerprint density at radius 1 is 1.47 bits per heavy atom. The van der Waals surface area contributed by atoms with Gasteiger partial charge in [0.2, 0.25) is 5.91 Å². The molecule has 3 heteroatoms. The molecule has 0 heterocycles. The minimum atomic E-state index is -0.349. The molecule has 1 atom stereocenters. The van der Waals surface area contributed by atoms with Crippen LogP contribution in [0, 0.1) is 10.8 Å². The highest BCUT2D eigenvalue weighted by atomic mass is 16.2. The monoisotopic (exact) mass is 212 g/mol. The molecule has 0 bridgehead atoms. The maximum atomic E-state index is 12.1. The van der Waals surface area contributed by atoms with Crippen LogP contribution in [0.4, 0.5) is 0 Å².